The van der Waals surface area contributed by atoms with Gasteiger partial charge in [-0.05, 0) is 16.7 Å². The van der Waals surface area contributed by atoms with Crippen LogP contribution < -0.4 is 0 Å². The molecule has 6 nitrogen and oxygen atoms in total. The van der Waals surface area contributed by atoms with Crippen molar-refractivity contribution in [3.63, 3.8) is 0 Å². The molecule has 0 aliphatic rings. The third-order valence-electron chi connectivity index (χ3n) is 4.63. The van der Waals surface area contributed by atoms with Crippen LogP contribution in [-0.2, 0) is 48.4 Å². The summed E-state index contributed by atoms with van der Waals surface area (Å²) in [7, 11) is 0. The molecule has 6 heteroatoms. The minimum absolute atomic E-state index is 0.0127. The molecule has 0 radical (unpaired) electrons. The van der Waals surface area contributed by atoms with Crippen LogP contribution in [-0.4, -0.2) is 17.9 Å². The zero-order valence-corrected chi connectivity index (χ0v) is 17.5. The summed E-state index contributed by atoms with van der Waals surface area (Å²) in [6, 6.07) is 27.3. The smallest absolute Gasteiger partial charge is 0.321 e. The van der Waals surface area contributed by atoms with E-state index in [1.54, 1.807) is 24.3 Å². The molecule has 0 saturated carbocycles. The Morgan fingerprint density at radius 2 is 0.875 bits per heavy atom. The van der Waals surface area contributed by atoms with Crippen LogP contribution in [0.4, 0.5) is 0 Å². The molecule has 0 heterocycles. The van der Waals surface area contributed by atoms with Crippen LogP contribution in [0.15, 0.2) is 91.0 Å². The van der Waals surface area contributed by atoms with E-state index in [4.69, 9.17) is 14.2 Å². The molecule has 0 saturated heterocycles. The Labute approximate surface area is 186 Å². The number of carbonyl (C=O) groups is 3. The second-order valence-corrected chi connectivity index (χ2v) is 7.09. The van der Waals surface area contributed by atoms with E-state index in [0.717, 1.165) is 16.7 Å². The normalized spacial score (nSPS) is 10.4. The number of ether oxygens (including phenoxy) is 3. The number of benzene rings is 3. The predicted molar refractivity (Wildman–Crippen MR) is 117 cm³/mol. The second kappa shape index (κ2) is 12.1. The van der Waals surface area contributed by atoms with Crippen LogP contribution in [0.2, 0.25) is 0 Å². The van der Waals surface area contributed by atoms with Crippen molar-refractivity contribution in [2.24, 2.45) is 5.92 Å². The summed E-state index contributed by atoms with van der Waals surface area (Å²) in [6.07, 6.45) is -0.464. The van der Waals surface area contributed by atoms with E-state index in [9.17, 15) is 14.4 Å². The summed E-state index contributed by atoms with van der Waals surface area (Å²) in [4.78, 5) is 37.6. The summed E-state index contributed by atoms with van der Waals surface area (Å²) in [5.74, 6) is -3.76. The van der Waals surface area contributed by atoms with Gasteiger partial charge in [-0.25, -0.2) is 0 Å². The van der Waals surface area contributed by atoms with E-state index in [1.165, 1.54) is 0 Å². The van der Waals surface area contributed by atoms with E-state index in [2.05, 4.69) is 0 Å². The third-order valence-corrected chi connectivity index (χ3v) is 4.63. The van der Waals surface area contributed by atoms with E-state index in [1.807, 2.05) is 66.7 Å². The molecule has 0 aromatic heterocycles. The Morgan fingerprint density at radius 1 is 0.531 bits per heavy atom. The molecule has 164 valence electrons. The summed E-state index contributed by atoms with van der Waals surface area (Å²) >= 11 is 0. The molecule has 0 atom stereocenters. The molecule has 0 bridgehead atoms. The molecular weight excluding hydrogens is 408 g/mol. The van der Waals surface area contributed by atoms with Gasteiger partial charge in [0.1, 0.15) is 19.8 Å². The van der Waals surface area contributed by atoms with E-state index >= 15 is 0 Å². The Bertz CT molecular complexity index is 947. The fourth-order valence-electron chi connectivity index (χ4n) is 2.89. The fourth-order valence-corrected chi connectivity index (χ4v) is 2.89. The zero-order chi connectivity index (χ0) is 22.6. The minimum atomic E-state index is -1.41. The van der Waals surface area contributed by atoms with Gasteiger partial charge in [-0.3, -0.25) is 14.4 Å². The topological polar surface area (TPSA) is 78.9 Å². The highest BCUT2D eigenvalue weighted by atomic mass is 16.6. The number of hydrogen-bond acceptors (Lipinski definition) is 6. The van der Waals surface area contributed by atoms with Gasteiger partial charge in [0, 0.05) is 0 Å². The van der Waals surface area contributed by atoms with Crippen molar-refractivity contribution in [2.75, 3.05) is 0 Å². The Morgan fingerprint density at radius 3 is 1.25 bits per heavy atom. The highest BCUT2D eigenvalue weighted by Crippen LogP contribution is 2.15. The average molecular weight is 432 g/mol. The first kappa shape index (κ1) is 22.7. The fraction of sp³-hybridized carbons (Fsp3) is 0.192. The van der Waals surface area contributed by atoms with E-state index in [-0.39, 0.29) is 19.8 Å². The quantitative estimate of drug-likeness (QED) is 0.271. The standard InChI is InChI=1S/C26H24O6/c27-24(30-17-20-10-4-1-5-11-20)16-23(25(28)31-18-21-12-6-2-7-13-21)26(29)32-19-22-14-8-3-9-15-22/h1-15,23H,16-19H2. The van der Waals surface area contributed by atoms with Crippen LogP contribution in [0.5, 0.6) is 0 Å². The van der Waals surface area contributed by atoms with Crippen molar-refractivity contribution in [1.29, 1.82) is 0 Å². The van der Waals surface area contributed by atoms with E-state index < -0.39 is 30.2 Å². The van der Waals surface area contributed by atoms with Crippen LogP contribution >= 0.6 is 0 Å². The molecule has 3 aromatic rings. The largest absolute Gasteiger partial charge is 0.461 e. The van der Waals surface area contributed by atoms with Crippen LogP contribution in [0, 0.1) is 5.92 Å². The number of rotatable bonds is 10. The van der Waals surface area contributed by atoms with Crippen LogP contribution in [0.1, 0.15) is 23.1 Å². The van der Waals surface area contributed by atoms with E-state index in [0.29, 0.717) is 0 Å². The lowest BCUT2D eigenvalue weighted by Gasteiger charge is -2.15. The van der Waals surface area contributed by atoms with Crippen molar-refractivity contribution in [3.05, 3.63) is 108 Å². The molecule has 0 N–H and O–H groups in total. The van der Waals surface area contributed by atoms with Crippen molar-refractivity contribution in [3.8, 4) is 0 Å². The highest BCUT2D eigenvalue weighted by Gasteiger charge is 2.33. The molecular formula is C26H24O6. The van der Waals surface area contributed by atoms with Gasteiger partial charge in [0.25, 0.3) is 0 Å². The van der Waals surface area contributed by atoms with Crippen molar-refractivity contribution in [1.82, 2.24) is 0 Å². The lowest BCUT2D eigenvalue weighted by molar-refractivity contribution is -0.168. The molecule has 0 aliphatic heterocycles. The average Bonchev–Trinajstić information content (AvgIpc) is 2.85. The summed E-state index contributed by atoms with van der Waals surface area (Å²) in [5.41, 5.74) is 2.34. The molecule has 3 rings (SSSR count). The summed E-state index contributed by atoms with van der Waals surface area (Å²) < 4.78 is 15.8. The lowest BCUT2D eigenvalue weighted by atomic mass is 10.1. The van der Waals surface area contributed by atoms with Crippen molar-refractivity contribution in [2.45, 2.75) is 26.2 Å². The Hall–Kier alpha value is -3.93. The van der Waals surface area contributed by atoms with Gasteiger partial charge in [-0.1, -0.05) is 91.0 Å². The number of carbonyl (C=O) groups excluding carboxylic acids is 3. The first-order chi connectivity index (χ1) is 15.6. The zero-order valence-electron chi connectivity index (χ0n) is 17.5. The summed E-state index contributed by atoms with van der Waals surface area (Å²) in [6.45, 7) is 0.0208. The van der Waals surface area contributed by atoms with Gasteiger partial charge in [0.15, 0.2) is 5.92 Å². The first-order valence-corrected chi connectivity index (χ1v) is 10.2. The van der Waals surface area contributed by atoms with Gasteiger partial charge in [0.05, 0.1) is 6.42 Å². The lowest BCUT2D eigenvalue weighted by Crippen LogP contribution is -2.30. The van der Waals surface area contributed by atoms with Gasteiger partial charge >= 0.3 is 17.9 Å². The third kappa shape index (κ3) is 7.40. The molecule has 0 spiro atoms. The number of hydrogen-bond donors (Lipinski definition) is 0. The maximum Gasteiger partial charge on any atom is 0.321 e. The minimum Gasteiger partial charge on any atom is -0.461 e. The maximum absolute atomic E-state index is 12.6. The molecule has 0 amide bonds. The van der Waals surface area contributed by atoms with Gasteiger partial charge in [-0.2, -0.15) is 0 Å². The Balaban J connectivity index is 1.61. The molecule has 0 fully saturated rings. The van der Waals surface area contributed by atoms with Crippen LogP contribution in [0.25, 0.3) is 0 Å². The monoisotopic (exact) mass is 432 g/mol. The van der Waals surface area contributed by atoms with Crippen molar-refractivity contribution >= 4 is 17.9 Å². The van der Waals surface area contributed by atoms with Crippen molar-refractivity contribution < 1.29 is 28.6 Å². The molecule has 32 heavy (non-hydrogen) atoms. The van der Waals surface area contributed by atoms with Crippen LogP contribution in [0.3, 0.4) is 0 Å². The second-order valence-electron chi connectivity index (χ2n) is 7.09. The van der Waals surface area contributed by atoms with Gasteiger partial charge in [-0.15, -0.1) is 0 Å². The summed E-state index contributed by atoms with van der Waals surface area (Å²) in [5, 5.41) is 0. The SMILES string of the molecule is O=C(CC(C(=O)OCc1ccccc1)C(=O)OCc1ccccc1)OCc1ccccc1. The van der Waals surface area contributed by atoms with Gasteiger partial charge < -0.3 is 14.2 Å². The number of esters is 3. The molecule has 3 aromatic carbocycles. The molecule has 0 unspecified atom stereocenters. The predicted octanol–water partition coefficient (Wildman–Crippen LogP) is 4.22. The molecule has 0 aliphatic carbocycles. The Kier molecular flexibility index (Phi) is 8.57. The maximum atomic E-state index is 12.6. The highest BCUT2D eigenvalue weighted by molar-refractivity contribution is 5.98. The first-order valence-electron chi connectivity index (χ1n) is 10.2. The van der Waals surface area contributed by atoms with Gasteiger partial charge in [0.2, 0.25) is 0 Å².